The summed E-state index contributed by atoms with van der Waals surface area (Å²) in [5.41, 5.74) is 10.5. The number of primary amides is 1. The zero-order valence-electron chi connectivity index (χ0n) is 7.66. The maximum absolute atomic E-state index is 10.6. The molecule has 1 aliphatic rings. The van der Waals surface area contributed by atoms with Gasteiger partial charge in [-0.3, -0.25) is 4.79 Å². The quantitative estimate of drug-likeness (QED) is 0.543. The average Bonchev–Trinajstić information content (AvgIpc) is 2.56. The molecule has 13 heavy (non-hydrogen) atoms. The van der Waals surface area contributed by atoms with Crippen molar-refractivity contribution in [2.75, 3.05) is 24.6 Å². The molecule has 1 saturated heterocycles. The largest absolute Gasteiger partial charge is 0.368 e. The third-order valence-electron chi connectivity index (χ3n) is 2.19. The Morgan fingerprint density at radius 2 is 2.46 bits per heavy atom. The Balaban J connectivity index is 2.02. The van der Waals surface area contributed by atoms with Gasteiger partial charge in [-0.2, -0.15) is 11.8 Å². The number of rotatable bonds is 5. The van der Waals surface area contributed by atoms with Crippen LogP contribution in [0.4, 0.5) is 0 Å². The first-order valence-corrected chi connectivity index (χ1v) is 5.69. The zero-order valence-corrected chi connectivity index (χ0v) is 8.48. The summed E-state index contributed by atoms with van der Waals surface area (Å²) in [5, 5.41) is 3.17. The van der Waals surface area contributed by atoms with Crippen molar-refractivity contribution in [3.63, 3.8) is 0 Å². The van der Waals surface area contributed by atoms with Gasteiger partial charge in [0.05, 0.1) is 6.04 Å². The van der Waals surface area contributed by atoms with Crippen LogP contribution in [0.25, 0.3) is 0 Å². The van der Waals surface area contributed by atoms with Crippen LogP contribution >= 0.6 is 11.8 Å². The molecule has 5 heteroatoms. The summed E-state index contributed by atoms with van der Waals surface area (Å²) >= 11 is 1.98. The summed E-state index contributed by atoms with van der Waals surface area (Å²) < 4.78 is 0. The smallest absolute Gasteiger partial charge is 0.235 e. The van der Waals surface area contributed by atoms with E-state index >= 15 is 0 Å². The van der Waals surface area contributed by atoms with Gasteiger partial charge in [0.2, 0.25) is 5.91 Å². The van der Waals surface area contributed by atoms with E-state index in [-0.39, 0.29) is 0 Å². The van der Waals surface area contributed by atoms with Crippen LogP contribution in [-0.4, -0.2) is 36.5 Å². The molecule has 1 fully saturated rings. The lowest BCUT2D eigenvalue weighted by molar-refractivity contribution is -0.119. The molecular weight excluding hydrogens is 186 g/mol. The Kier molecular flexibility index (Phi) is 4.55. The molecule has 5 N–H and O–H groups in total. The maximum atomic E-state index is 10.6. The predicted octanol–water partition coefficient (Wildman–Crippen LogP) is -0.858. The van der Waals surface area contributed by atoms with Crippen molar-refractivity contribution in [2.24, 2.45) is 17.4 Å². The van der Waals surface area contributed by atoms with Gasteiger partial charge in [-0.05, 0) is 30.4 Å². The normalized spacial score (nSPS) is 24.5. The van der Waals surface area contributed by atoms with Crippen LogP contribution in [0.3, 0.4) is 0 Å². The summed E-state index contributed by atoms with van der Waals surface area (Å²) in [7, 11) is 0. The van der Waals surface area contributed by atoms with Crippen molar-refractivity contribution in [1.29, 1.82) is 0 Å². The number of thioether (sulfide) groups is 1. The lowest BCUT2D eigenvalue weighted by atomic mass is 10.1. The van der Waals surface area contributed by atoms with Crippen LogP contribution in [-0.2, 0) is 4.79 Å². The zero-order chi connectivity index (χ0) is 9.68. The van der Waals surface area contributed by atoms with Gasteiger partial charge in [0.25, 0.3) is 0 Å². The van der Waals surface area contributed by atoms with Crippen LogP contribution in [0.5, 0.6) is 0 Å². The van der Waals surface area contributed by atoms with Crippen LogP contribution in [0.15, 0.2) is 0 Å². The minimum Gasteiger partial charge on any atom is -0.368 e. The molecule has 0 aromatic carbocycles. The molecule has 1 amide bonds. The molecule has 0 spiro atoms. The van der Waals surface area contributed by atoms with Gasteiger partial charge in [-0.1, -0.05) is 0 Å². The number of hydrogen-bond acceptors (Lipinski definition) is 4. The first-order chi connectivity index (χ1) is 6.20. The van der Waals surface area contributed by atoms with Crippen molar-refractivity contribution in [3.8, 4) is 0 Å². The molecule has 0 aromatic heterocycles. The summed E-state index contributed by atoms with van der Waals surface area (Å²) in [6.45, 7) is 1.45. The molecule has 1 aliphatic heterocycles. The second-order valence-corrected chi connectivity index (χ2v) is 4.55. The molecule has 0 aromatic rings. The molecule has 0 aliphatic carbocycles. The van der Waals surface area contributed by atoms with Gasteiger partial charge in [0, 0.05) is 6.54 Å². The van der Waals surface area contributed by atoms with E-state index in [2.05, 4.69) is 5.32 Å². The first kappa shape index (κ1) is 10.8. The first-order valence-electron chi connectivity index (χ1n) is 4.53. The number of carbonyl (C=O) groups is 1. The predicted molar refractivity (Wildman–Crippen MR) is 55.5 cm³/mol. The second kappa shape index (κ2) is 5.47. The van der Waals surface area contributed by atoms with Crippen LogP contribution in [0, 0.1) is 5.92 Å². The van der Waals surface area contributed by atoms with Crippen LogP contribution in [0.1, 0.15) is 6.42 Å². The van der Waals surface area contributed by atoms with E-state index in [1.165, 1.54) is 17.9 Å². The molecule has 76 valence electrons. The van der Waals surface area contributed by atoms with E-state index in [0.717, 1.165) is 12.5 Å². The minimum atomic E-state index is -0.547. The van der Waals surface area contributed by atoms with E-state index in [9.17, 15) is 4.79 Å². The fourth-order valence-electron chi connectivity index (χ4n) is 1.29. The highest BCUT2D eigenvalue weighted by atomic mass is 32.2. The average molecular weight is 203 g/mol. The van der Waals surface area contributed by atoms with Crippen molar-refractivity contribution < 1.29 is 4.79 Å². The minimum absolute atomic E-state index is 0.437. The third kappa shape index (κ3) is 3.97. The Morgan fingerprint density at radius 1 is 1.69 bits per heavy atom. The van der Waals surface area contributed by atoms with Gasteiger partial charge in [-0.25, -0.2) is 0 Å². The van der Waals surface area contributed by atoms with Crippen molar-refractivity contribution >= 4 is 17.7 Å². The standard InChI is InChI=1S/C8H17N3OS/c9-7(8(10)12)4-11-3-6-1-2-13-5-6/h6-7,11H,1-5,9H2,(H2,10,12). The Morgan fingerprint density at radius 3 is 3.00 bits per heavy atom. The number of nitrogens with one attached hydrogen (secondary N) is 1. The molecule has 1 rings (SSSR count). The van der Waals surface area contributed by atoms with Crippen molar-refractivity contribution in [2.45, 2.75) is 12.5 Å². The Bertz CT molecular complexity index is 171. The highest BCUT2D eigenvalue weighted by Gasteiger charge is 2.15. The second-order valence-electron chi connectivity index (χ2n) is 3.40. The van der Waals surface area contributed by atoms with Gasteiger partial charge in [-0.15, -0.1) is 0 Å². The summed E-state index contributed by atoms with van der Waals surface area (Å²) in [4.78, 5) is 10.6. The summed E-state index contributed by atoms with van der Waals surface area (Å²) in [6, 6.07) is -0.547. The highest BCUT2D eigenvalue weighted by Crippen LogP contribution is 2.22. The highest BCUT2D eigenvalue weighted by molar-refractivity contribution is 7.99. The lowest BCUT2D eigenvalue weighted by Gasteiger charge is -2.12. The van der Waals surface area contributed by atoms with Crippen LogP contribution in [0.2, 0.25) is 0 Å². The van der Waals surface area contributed by atoms with E-state index in [4.69, 9.17) is 11.5 Å². The van der Waals surface area contributed by atoms with Crippen LogP contribution < -0.4 is 16.8 Å². The van der Waals surface area contributed by atoms with E-state index in [0.29, 0.717) is 6.54 Å². The fourth-order valence-corrected chi connectivity index (χ4v) is 2.57. The summed E-state index contributed by atoms with van der Waals surface area (Å²) in [5.74, 6) is 2.78. The number of carbonyl (C=O) groups excluding carboxylic acids is 1. The lowest BCUT2D eigenvalue weighted by Crippen LogP contribution is -2.45. The molecular formula is C8H17N3OS. The Labute approximate surface area is 82.8 Å². The number of nitrogens with two attached hydrogens (primary N) is 2. The van der Waals surface area contributed by atoms with E-state index in [1.807, 2.05) is 11.8 Å². The Hall–Kier alpha value is -0.260. The van der Waals surface area contributed by atoms with Gasteiger partial charge >= 0.3 is 0 Å². The van der Waals surface area contributed by atoms with E-state index < -0.39 is 11.9 Å². The van der Waals surface area contributed by atoms with Gasteiger partial charge in [0.1, 0.15) is 0 Å². The molecule has 1 heterocycles. The molecule has 2 atom stereocenters. The van der Waals surface area contributed by atoms with E-state index in [1.54, 1.807) is 0 Å². The molecule has 4 nitrogen and oxygen atoms in total. The SMILES string of the molecule is NC(=O)C(N)CNCC1CCSC1. The molecule has 2 unspecified atom stereocenters. The maximum Gasteiger partial charge on any atom is 0.235 e. The van der Waals surface area contributed by atoms with Gasteiger partial charge < -0.3 is 16.8 Å². The number of amides is 1. The van der Waals surface area contributed by atoms with Gasteiger partial charge in [0.15, 0.2) is 0 Å². The van der Waals surface area contributed by atoms with Crippen molar-refractivity contribution in [3.05, 3.63) is 0 Å². The number of hydrogen-bond donors (Lipinski definition) is 3. The fraction of sp³-hybridized carbons (Fsp3) is 0.875. The molecule has 0 saturated carbocycles. The third-order valence-corrected chi connectivity index (χ3v) is 3.42. The molecule has 0 bridgehead atoms. The monoisotopic (exact) mass is 203 g/mol. The molecule has 0 radical (unpaired) electrons. The summed E-state index contributed by atoms with van der Waals surface area (Å²) in [6.07, 6.45) is 1.27. The topological polar surface area (TPSA) is 81.1 Å². The van der Waals surface area contributed by atoms with Crippen molar-refractivity contribution in [1.82, 2.24) is 5.32 Å².